The molecule has 0 bridgehead atoms. The highest BCUT2D eigenvalue weighted by atomic mass is 32.1. The van der Waals surface area contributed by atoms with E-state index in [0.717, 1.165) is 35.2 Å². The lowest BCUT2D eigenvalue weighted by Gasteiger charge is -2.26. The maximum Gasteiger partial charge on any atom is 0.332 e. The Morgan fingerprint density at radius 1 is 1.24 bits per heavy atom. The van der Waals surface area contributed by atoms with Crippen LogP contribution in [0, 0.1) is 18.7 Å². The van der Waals surface area contributed by atoms with Crippen LogP contribution in [0.15, 0.2) is 40.2 Å². The quantitative estimate of drug-likeness (QED) is 0.268. The Labute approximate surface area is 238 Å². The van der Waals surface area contributed by atoms with Crippen molar-refractivity contribution in [1.82, 2.24) is 24.1 Å². The van der Waals surface area contributed by atoms with Gasteiger partial charge in [0.15, 0.2) is 5.78 Å². The third kappa shape index (κ3) is 5.48. The topological polar surface area (TPSA) is 130 Å². The molecule has 218 valence electrons. The lowest BCUT2D eigenvalue weighted by Crippen LogP contribution is -2.44. The molecule has 1 saturated carbocycles. The molecule has 1 N–H and O–H groups in total. The van der Waals surface area contributed by atoms with Gasteiger partial charge in [-0.15, -0.1) is 4.80 Å². The third-order valence-electron chi connectivity index (χ3n) is 7.68. The molecule has 0 aliphatic heterocycles. The van der Waals surface area contributed by atoms with Crippen molar-refractivity contribution in [3.8, 4) is 10.8 Å². The minimum Gasteiger partial charge on any atom is -0.496 e. The summed E-state index contributed by atoms with van der Waals surface area (Å²) in [4.78, 5) is 43.0. The van der Waals surface area contributed by atoms with Crippen LogP contribution in [0.3, 0.4) is 0 Å². The number of hydrogen-bond acceptors (Lipinski definition) is 9. The zero-order chi connectivity index (χ0) is 29.3. The molecule has 0 unspecified atom stereocenters. The van der Waals surface area contributed by atoms with Gasteiger partial charge in [-0.2, -0.15) is 10.2 Å². The summed E-state index contributed by atoms with van der Waals surface area (Å²) in [5, 5.41) is 18.7. The Morgan fingerprint density at radius 2 is 1.98 bits per heavy atom. The van der Waals surface area contributed by atoms with Gasteiger partial charge in [0.05, 0.1) is 50.7 Å². The number of rotatable bonds is 12. The van der Waals surface area contributed by atoms with Crippen molar-refractivity contribution < 1.29 is 23.8 Å². The molecule has 0 amide bonds. The number of benzene rings is 1. The summed E-state index contributed by atoms with van der Waals surface area (Å²) >= 11 is 1.16. The van der Waals surface area contributed by atoms with Gasteiger partial charge in [-0.1, -0.05) is 30.6 Å². The van der Waals surface area contributed by atoms with Crippen LogP contribution in [0.5, 0.6) is 5.75 Å². The van der Waals surface area contributed by atoms with Gasteiger partial charge in [0.1, 0.15) is 27.5 Å². The number of aliphatic hydroxyl groups excluding tert-OH is 1. The van der Waals surface area contributed by atoms with Crippen molar-refractivity contribution in [2.75, 3.05) is 20.3 Å². The summed E-state index contributed by atoms with van der Waals surface area (Å²) in [6.45, 7) is 2.77. The molecule has 4 aromatic rings. The number of aryl methyl sites for hydroxylation is 1. The minimum atomic E-state index is -0.989. The van der Waals surface area contributed by atoms with Gasteiger partial charge in [0.2, 0.25) is 0 Å². The highest BCUT2D eigenvalue weighted by Crippen LogP contribution is 2.35. The lowest BCUT2D eigenvalue weighted by atomic mass is 9.81. The highest BCUT2D eigenvalue weighted by molar-refractivity contribution is 7.21. The molecule has 3 aromatic heterocycles. The average Bonchev–Trinajstić information content (AvgIpc) is 3.58. The number of aromatic nitrogens is 5. The monoisotopic (exact) mass is 585 g/mol. The summed E-state index contributed by atoms with van der Waals surface area (Å²) < 4.78 is 28.1. The Hall–Kier alpha value is -3.68. The molecule has 11 nitrogen and oxygen atoms in total. The predicted octanol–water partition coefficient (Wildman–Crippen LogP) is 3.33. The Morgan fingerprint density at radius 3 is 2.61 bits per heavy atom. The number of ketones is 1. The fraction of sp³-hybridized carbons (Fsp3) is 0.464. The molecule has 0 spiro atoms. The second kappa shape index (κ2) is 12.0. The van der Waals surface area contributed by atoms with Gasteiger partial charge in [-0.25, -0.2) is 13.8 Å². The Kier molecular flexibility index (Phi) is 8.47. The fourth-order valence-corrected chi connectivity index (χ4v) is 6.44. The van der Waals surface area contributed by atoms with Crippen LogP contribution in [0.25, 0.3) is 15.2 Å². The number of thiophene rings is 1. The van der Waals surface area contributed by atoms with Crippen LogP contribution in [-0.4, -0.2) is 55.3 Å². The molecule has 1 aliphatic carbocycles. The van der Waals surface area contributed by atoms with Gasteiger partial charge >= 0.3 is 5.69 Å². The van der Waals surface area contributed by atoms with Crippen LogP contribution in [-0.2, 0) is 16.1 Å². The second-order valence-electron chi connectivity index (χ2n) is 10.2. The summed E-state index contributed by atoms with van der Waals surface area (Å²) in [5.74, 6) is -0.111. The van der Waals surface area contributed by atoms with E-state index in [1.165, 1.54) is 47.1 Å². The SMILES string of the molecule is COc1ccc(F)cc1[C@H](Cn1c(=O)n([C@@H](C)C(=O)CC2CCC2)c(=O)c2c(C)c(-n3nccn3)sc21)OCCO. The number of carbonyl (C=O) groups is 1. The average molecular weight is 586 g/mol. The van der Waals surface area contributed by atoms with Gasteiger partial charge in [0.25, 0.3) is 5.56 Å². The second-order valence-corrected chi connectivity index (χ2v) is 11.2. The van der Waals surface area contributed by atoms with Crippen LogP contribution < -0.4 is 16.0 Å². The van der Waals surface area contributed by atoms with Crippen molar-refractivity contribution in [1.29, 1.82) is 0 Å². The lowest BCUT2D eigenvalue weighted by molar-refractivity contribution is -0.123. The molecule has 0 radical (unpaired) electrons. The largest absolute Gasteiger partial charge is 0.496 e. The zero-order valence-electron chi connectivity index (χ0n) is 23.1. The van der Waals surface area contributed by atoms with Crippen molar-refractivity contribution in [3.05, 3.63) is 68.4 Å². The molecule has 0 saturated heterocycles. The number of aliphatic hydroxyl groups is 1. The molecule has 2 atom stereocenters. The molecule has 1 fully saturated rings. The number of carbonyl (C=O) groups excluding carboxylic acids is 1. The molecule has 5 rings (SSSR count). The number of fused-ring (bicyclic) bond motifs is 1. The van der Waals surface area contributed by atoms with E-state index in [0.29, 0.717) is 33.1 Å². The van der Waals surface area contributed by atoms with Crippen LogP contribution in [0.1, 0.15) is 55.9 Å². The Bertz CT molecular complexity index is 1670. The van der Waals surface area contributed by atoms with Crippen molar-refractivity contribution in [2.24, 2.45) is 5.92 Å². The van der Waals surface area contributed by atoms with Crippen LogP contribution in [0.4, 0.5) is 4.39 Å². The van der Waals surface area contributed by atoms with E-state index < -0.39 is 29.2 Å². The van der Waals surface area contributed by atoms with E-state index >= 15 is 0 Å². The maximum absolute atomic E-state index is 14.4. The summed E-state index contributed by atoms with van der Waals surface area (Å²) in [5.41, 5.74) is -0.371. The molecule has 1 aliphatic rings. The summed E-state index contributed by atoms with van der Waals surface area (Å²) in [7, 11) is 1.44. The van der Waals surface area contributed by atoms with E-state index in [-0.39, 0.29) is 36.8 Å². The first kappa shape index (κ1) is 28.8. The van der Waals surface area contributed by atoms with Gasteiger partial charge in [-0.3, -0.25) is 14.2 Å². The summed E-state index contributed by atoms with van der Waals surface area (Å²) in [6.07, 6.45) is 5.37. The number of methoxy groups -OCH3 is 1. The van der Waals surface area contributed by atoms with E-state index in [4.69, 9.17) is 9.47 Å². The molecule has 13 heteroatoms. The van der Waals surface area contributed by atoms with Gasteiger partial charge < -0.3 is 14.6 Å². The van der Waals surface area contributed by atoms with Crippen LogP contribution >= 0.6 is 11.3 Å². The van der Waals surface area contributed by atoms with E-state index in [1.807, 2.05) is 0 Å². The smallest absolute Gasteiger partial charge is 0.332 e. The Balaban J connectivity index is 1.71. The van der Waals surface area contributed by atoms with Crippen molar-refractivity contribution in [3.63, 3.8) is 0 Å². The van der Waals surface area contributed by atoms with E-state index in [9.17, 15) is 23.9 Å². The zero-order valence-corrected chi connectivity index (χ0v) is 23.9. The first-order chi connectivity index (χ1) is 19.7. The number of halogens is 1. The standard InChI is InChI=1S/C28H32FN5O6S/c1-16-24-25(37)33(17(2)21(36)13-18-5-4-6-18)28(38)32(27(24)41-26(16)34-30-9-10-31-34)15-23(40-12-11-35)20-14-19(29)7-8-22(20)39-3/h7-10,14,17-18,23,35H,4-6,11-13,15H2,1-3H3/t17-,23-/m0/s1. The van der Waals surface area contributed by atoms with E-state index in [2.05, 4.69) is 10.2 Å². The first-order valence-electron chi connectivity index (χ1n) is 13.5. The summed E-state index contributed by atoms with van der Waals surface area (Å²) in [6, 6.07) is 2.97. The van der Waals surface area contributed by atoms with Crippen molar-refractivity contribution in [2.45, 2.75) is 58.2 Å². The maximum atomic E-state index is 14.4. The molecular weight excluding hydrogens is 553 g/mol. The third-order valence-corrected chi connectivity index (χ3v) is 8.96. The molecule has 41 heavy (non-hydrogen) atoms. The van der Waals surface area contributed by atoms with Crippen molar-refractivity contribution >= 4 is 27.3 Å². The molecule has 3 heterocycles. The molecular formula is C28H32FN5O6S. The number of nitrogens with zero attached hydrogens (tertiary/aromatic N) is 5. The van der Waals surface area contributed by atoms with Gasteiger partial charge in [0, 0.05) is 17.5 Å². The number of ether oxygens (including phenoxy) is 2. The normalized spacial score (nSPS) is 15.1. The number of Topliss-reactive ketones (excluding diaryl/α,β-unsaturated/α-hetero) is 1. The van der Waals surface area contributed by atoms with E-state index in [1.54, 1.807) is 13.8 Å². The molecule has 1 aromatic carbocycles. The predicted molar refractivity (Wildman–Crippen MR) is 150 cm³/mol. The number of hydrogen-bond donors (Lipinski definition) is 1. The van der Waals surface area contributed by atoms with Crippen LogP contribution in [0.2, 0.25) is 0 Å². The first-order valence-corrected chi connectivity index (χ1v) is 14.3. The van der Waals surface area contributed by atoms with Gasteiger partial charge in [-0.05, 0) is 38.0 Å². The highest BCUT2D eigenvalue weighted by Gasteiger charge is 2.30. The minimum absolute atomic E-state index is 0.0932. The fourth-order valence-electron chi connectivity index (χ4n) is 5.22.